The van der Waals surface area contributed by atoms with Crippen LogP contribution in [0.25, 0.3) is 0 Å². The maximum absolute atomic E-state index is 10.4. The second-order valence-electron chi connectivity index (χ2n) is 9.71. The van der Waals surface area contributed by atoms with Gasteiger partial charge in [0.25, 0.3) is 0 Å². The topological polar surface area (TPSA) is 99.4 Å². The van der Waals surface area contributed by atoms with Gasteiger partial charge in [-0.25, -0.2) is 0 Å². The lowest BCUT2D eigenvalue weighted by atomic mass is 9.90. The van der Waals surface area contributed by atoms with Crippen molar-refractivity contribution in [2.45, 2.75) is 49.5 Å². The molecule has 4 saturated carbocycles. The van der Waals surface area contributed by atoms with Crippen LogP contribution in [0, 0.1) is 23.7 Å². The van der Waals surface area contributed by atoms with Gasteiger partial charge in [0, 0.05) is 10.9 Å². The van der Waals surface area contributed by atoms with Crippen LogP contribution in [0.5, 0.6) is 5.75 Å². The lowest BCUT2D eigenvalue weighted by Gasteiger charge is -2.40. The number of aliphatic hydroxyl groups excluding tert-OH is 4. The van der Waals surface area contributed by atoms with Crippen LogP contribution in [-0.4, -0.2) is 57.6 Å². The Bertz CT molecular complexity index is 993. The zero-order valence-electron chi connectivity index (χ0n) is 17.4. The Morgan fingerprint density at radius 2 is 1.69 bits per heavy atom. The molecule has 6 nitrogen and oxygen atoms in total. The first-order valence-corrected chi connectivity index (χ1v) is 11.7. The van der Waals surface area contributed by atoms with E-state index in [2.05, 4.69) is 0 Å². The van der Waals surface area contributed by atoms with Gasteiger partial charge in [-0.05, 0) is 65.5 Å². The van der Waals surface area contributed by atoms with E-state index in [1.54, 1.807) is 12.1 Å². The van der Waals surface area contributed by atoms with Crippen LogP contribution in [0.3, 0.4) is 0 Å². The molecular formula is C25H27ClO6. The first kappa shape index (κ1) is 20.9. The Balaban J connectivity index is 1.16. The molecule has 1 saturated heterocycles. The third kappa shape index (κ3) is 3.36. The van der Waals surface area contributed by atoms with E-state index >= 15 is 0 Å². The minimum Gasteiger partial charge on any atom is -0.490 e. The molecule has 0 amide bonds. The van der Waals surface area contributed by atoms with E-state index in [9.17, 15) is 20.4 Å². The summed E-state index contributed by atoms with van der Waals surface area (Å²) in [5.74, 6) is 4.60. The summed E-state index contributed by atoms with van der Waals surface area (Å²) >= 11 is 6.44. The summed E-state index contributed by atoms with van der Waals surface area (Å²) in [5.41, 5.74) is 2.56. The van der Waals surface area contributed by atoms with Crippen molar-refractivity contribution in [1.82, 2.24) is 0 Å². The molecule has 5 aliphatic rings. The SMILES string of the molecule is OC[C@H]1O[C@@H](c2ccc(Cl)c(Cc3ccc(O[C@H]4CC5C6C4[C@H]56)cc3)c2)[C@H](O)[C@@H](O)[C@@H]1O. The van der Waals surface area contributed by atoms with Gasteiger partial charge in [-0.1, -0.05) is 35.9 Å². The molecule has 7 rings (SSSR count). The van der Waals surface area contributed by atoms with E-state index in [1.165, 1.54) is 6.42 Å². The normalized spacial score (nSPS) is 41.3. The van der Waals surface area contributed by atoms with Crippen molar-refractivity contribution in [3.05, 3.63) is 64.2 Å². The van der Waals surface area contributed by atoms with Crippen molar-refractivity contribution in [3.8, 4) is 5.75 Å². The zero-order chi connectivity index (χ0) is 22.1. The summed E-state index contributed by atoms with van der Waals surface area (Å²) in [6.45, 7) is -0.458. The molecule has 7 heteroatoms. The summed E-state index contributed by atoms with van der Waals surface area (Å²) in [6.07, 6.45) is -3.74. The van der Waals surface area contributed by atoms with Crippen molar-refractivity contribution in [3.63, 3.8) is 0 Å². The average molecular weight is 459 g/mol. The maximum Gasteiger partial charge on any atom is 0.119 e. The van der Waals surface area contributed by atoms with Crippen molar-refractivity contribution >= 4 is 11.6 Å². The Hall–Kier alpha value is -1.67. The predicted molar refractivity (Wildman–Crippen MR) is 116 cm³/mol. The summed E-state index contributed by atoms with van der Waals surface area (Å²) in [5, 5.41) is 40.6. The lowest BCUT2D eigenvalue weighted by Crippen LogP contribution is -2.55. The Labute approximate surface area is 191 Å². The number of hydrogen-bond donors (Lipinski definition) is 4. The number of hydrogen-bond acceptors (Lipinski definition) is 6. The molecule has 1 heterocycles. The summed E-state index contributed by atoms with van der Waals surface area (Å²) in [6, 6.07) is 13.4. The molecule has 2 bridgehead atoms. The van der Waals surface area contributed by atoms with Gasteiger partial charge in [0.2, 0.25) is 0 Å². The molecule has 10 atom stereocenters. The standard InChI is InChI=1S/C25H27ClO6/c26-16-6-3-12(25-24(30)23(29)22(28)18(10-27)32-25)8-13(16)7-11-1-4-14(5-2-11)31-17-9-15-19-20(15)21(17)19/h1-6,8,15,17-25,27-30H,7,9-10H2/t15?,17-,18+,19+,20?,21?,22+,23-,24+,25-/m0/s1. The van der Waals surface area contributed by atoms with Gasteiger partial charge in [-0.3, -0.25) is 0 Å². The molecule has 2 aromatic rings. The van der Waals surface area contributed by atoms with Gasteiger partial charge < -0.3 is 29.9 Å². The van der Waals surface area contributed by atoms with Crippen molar-refractivity contribution < 1.29 is 29.9 Å². The fourth-order valence-corrected chi connectivity index (χ4v) is 6.15. The van der Waals surface area contributed by atoms with Gasteiger partial charge in [-0.2, -0.15) is 0 Å². The minimum atomic E-state index is -1.41. The number of rotatable bonds is 6. The fraction of sp³-hybridized carbons (Fsp3) is 0.520. The first-order chi connectivity index (χ1) is 15.5. The van der Waals surface area contributed by atoms with E-state index in [4.69, 9.17) is 21.1 Å². The van der Waals surface area contributed by atoms with Crippen molar-refractivity contribution in [2.75, 3.05) is 6.61 Å². The number of halogens is 1. The monoisotopic (exact) mass is 458 g/mol. The van der Waals surface area contributed by atoms with Crippen LogP contribution in [-0.2, 0) is 11.2 Å². The molecule has 170 valence electrons. The first-order valence-electron chi connectivity index (χ1n) is 11.3. The van der Waals surface area contributed by atoms with Crippen LogP contribution in [0.2, 0.25) is 5.02 Å². The Morgan fingerprint density at radius 1 is 0.938 bits per heavy atom. The second kappa shape index (κ2) is 7.69. The van der Waals surface area contributed by atoms with Crippen molar-refractivity contribution in [2.24, 2.45) is 23.7 Å². The summed E-state index contributed by atoms with van der Waals surface area (Å²) in [4.78, 5) is 0. The van der Waals surface area contributed by atoms with E-state index in [-0.39, 0.29) is 0 Å². The van der Waals surface area contributed by atoms with Crippen LogP contribution >= 0.6 is 11.6 Å². The number of benzene rings is 2. The lowest BCUT2D eigenvalue weighted by molar-refractivity contribution is -0.231. The Morgan fingerprint density at radius 3 is 2.34 bits per heavy atom. The van der Waals surface area contributed by atoms with E-state index in [1.807, 2.05) is 30.3 Å². The predicted octanol–water partition coefficient (Wildman–Crippen LogP) is 2.09. The molecule has 0 spiro atoms. The minimum absolute atomic E-state index is 0.394. The van der Waals surface area contributed by atoms with Gasteiger partial charge in [0.15, 0.2) is 0 Å². The number of aliphatic hydroxyl groups is 4. The average Bonchev–Trinajstić information content (AvgIpc) is 3.62. The van der Waals surface area contributed by atoms with Gasteiger partial charge >= 0.3 is 0 Å². The highest BCUT2D eigenvalue weighted by Crippen LogP contribution is 2.82. The van der Waals surface area contributed by atoms with E-state index in [0.29, 0.717) is 23.1 Å². The van der Waals surface area contributed by atoms with Crippen LogP contribution < -0.4 is 4.74 Å². The molecule has 4 N–H and O–H groups in total. The number of fused-ring (bicyclic) bond motifs is 1. The van der Waals surface area contributed by atoms with Crippen LogP contribution in [0.4, 0.5) is 0 Å². The molecule has 3 unspecified atom stereocenters. The molecular weight excluding hydrogens is 432 g/mol. The highest BCUT2D eigenvalue weighted by atomic mass is 35.5. The molecule has 0 radical (unpaired) electrons. The van der Waals surface area contributed by atoms with E-state index in [0.717, 1.165) is 40.5 Å². The van der Waals surface area contributed by atoms with Crippen molar-refractivity contribution in [1.29, 1.82) is 0 Å². The third-order valence-corrected chi connectivity index (χ3v) is 8.24. The quantitative estimate of drug-likeness (QED) is 0.529. The smallest absolute Gasteiger partial charge is 0.119 e. The van der Waals surface area contributed by atoms with Gasteiger partial charge in [-0.15, -0.1) is 0 Å². The van der Waals surface area contributed by atoms with Gasteiger partial charge in [0.1, 0.15) is 42.4 Å². The third-order valence-electron chi connectivity index (χ3n) is 7.87. The molecule has 32 heavy (non-hydrogen) atoms. The van der Waals surface area contributed by atoms with Gasteiger partial charge in [0.05, 0.1) is 6.61 Å². The molecule has 2 aromatic carbocycles. The van der Waals surface area contributed by atoms with E-state index < -0.39 is 37.1 Å². The maximum atomic E-state index is 10.4. The second-order valence-corrected chi connectivity index (χ2v) is 10.1. The zero-order valence-corrected chi connectivity index (χ0v) is 18.2. The summed E-state index contributed by atoms with van der Waals surface area (Å²) < 4.78 is 11.9. The summed E-state index contributed by atoms with van der Waals surface area (Å²) in [7, 11) is 0. The molecule has 5 fully saturated rings. The molecule has 4 aliphatic carbocycles. The highest BCUT2D eigenvalue weighted by Gasteiger charge is 2.81. The van der Waals surface area contributed by atoms with Crippen LogP contribution in [0.15, 0.2) is 42.5 Å². The Kier molecular flexibility index (Phi) is 5.02. The fourth-order valence-electron chi connectivity index (χ4n) is 5.97. The molecule has 1 aliphatic heterocycles. The van der Waals surface area contributed by atoms with Crippen LogP contribution in [0.1, 0.15) is 29.2 Å². The number of ether oxygens (including phenoxy) is 2. The molecule has 0 aromatic heterocycles. The highest BCUT2D eigenvalue weighted by molar-refractivity contribution is 6.31. The largest absolute Gasteiger partial charge is 0.490 e.